The fourth-order valence-electron chi connectivity index (χ4n) is 4.72. The van der Waals surface area contributed by atoms with Gasteiger partial charge in [0.1, 0.15) is 23.7 Å². The molecule has 6 rings (SSSR count). The largest absolute Gasteiger partial charge is 0.479 e. The number of methoxy groups -OCH3 is 1. The summed E-state index contributed by atoms with van der Waals surface area (Å²) in [5.74, 6) is 0.496. The lowest BCUT2D eigenvalue weighted by atomic mass is 10.0. The molecule has 0 unspecified atom stereocenters. The Morgan fingerprint density at radius 1 is 1.31 bits per heavy atom. The third-order valence-electron chi connectivity index (χ3n) is 6.65. The topological polar surface area (TPSA) is 94.6 Å². The predicted octanol–water partition coefficient (Wildman–Crippen LogP) is 2.64. The number of piperidine rings is 1. The van der Waals surface area contributed by atoms with Gasteiger partial charge < -0.3 is 14.8 Å². The number of hydrogen-bond acceptors (Lipinski definition) is 8. The molecule has 1 N–H and O–H groups in total. The molecule has 5 heterocycles. The van der Waals surface area contributed by atoms with Gasteiger partial charge in [0.2, 0.25) is 11.8 Å². The van der Waals surface area contributed by atoms with Crippen LogP contribution in [0.1, 0.15) is 7.79 Å². The monoisotopic (exact) mass is 503 g/mol. The number of nitrogens with one attached hydrogen (secondary N) is 1. The zero-order valence-electron chi connectivity index (χ0n) is 20.4. The van der Waals surface area contributed by atoms with Crippen LogP contribution in [0.4, 0.5) is 19.1 Å². The number of aromatic nitrogens is 6. The lowest BCUT2D eigenvalue weighted by Crippen LogP contribution is -2.57. The van der Waals surface area contributed by atoms with E-state index < -0.39 is 31.2 Å². The number of nitrogens with zero attached hydrogens (tertiary/aromatic N) is 7. The lowest BCUT2D eigenvalue weighted by molar-refractivity contribution is -0.0794. The fraction of sp³-hybridized carbons (Fsp3) is 0.478. The molecular weight excluding hydrogens is 477 g/mol. The van der Waals surface area contributed by atoms with Gasteiger partial charge in [0.05, 0.1) is 39.3 Å². The second kappa shape index (κ2) is 9.21. The van der Waals surface area contributed by atoms with Crippen LogP contribution < -0.4 is 10.1 Å². The Morgan fingerprint density at radius 2 is 2.17 bits per heavy atom. The number of halogens is 3. The van der Waals surface area contributed by atoms with E-state index in [1.807, 2.05) is 17.0 Å². The van der Waals surface area contributed by atoms with Crippen molar-refractivity contribution in [2.45, 2.75) is 37.6 Å². The molecule has 4 aromatic rings. The van der Waals surface area contributed by atoms with E-state index in [2.05, 4.69) is 25.7 Å². The van der Waals surface area contributed by atoms with E-state index in [9.17, 15) is 8.78 Å². The van der Waals surface area contributed by atoms with E-state index in [1.165, 1.54) is 11.8 Å². The molecule has 0 saturated carbocycles. The maximum absolute atomic E-state index is 15.0. The van der Waals surface area contributed by atoms with E-state index >= 15 is 4.39 Å². The number of anilines is 1. The van der Waals surface area contributed by atoms with Crippen molar-refractivity contribution in [2.75, 3.05) is 38.7 Å². The van der Waals surface area contributed by atoms with Gasteiger partial charge in [-0.1, -0.05) is 11.3 Å². The predicted molar refractivity (Wildman–Crippen MR) is 125 cm³/mol. The van der Waals surface area contributed by atoms with Gasteiger partial charge in [-0.2, -0.15) is 4.98 Å². The van der Waals surface area contributed by atoms with Gasteiger partial charge in [-0.25, -0.2) is 22.4 Å². The number of benzene rings is 1. The van der Waals surface area contributed by atoms with E-state index in [0.29, 0.717) is 42.7 Å². The number of hydrogen-bond donors (Lipinski definition) is 1. The first-order valence-electron chi connectivity index (χ1n) is 12.1. The maximum atomic E-state index is 15.0. The zero-order chi connectivity index (χ0) is 25.7. The van der Waals surface area contributed by atoms with Crippen LogP contribution in [0.2, 0.25) is 0 Å². The van der Waals surface area contributed by atoms with Crippen LogP contribution in [0.15, 0.2) is 30.5 Å². The van der Waals surface area contributed by atoms with Crippen molar-refractivity contribution < 1.29 is 24.0 Å². The van der Waals surface area contributed by atoms with Crippen LogP contribution in [-0.4, -0.2) is 92.6 Å². The van der Waals surface area contributed by atoms with Crippen LogP contribution in [0.25, 0.3) is 27.7 Å². The van der Waals surface area contributed by atoms with Crippen LogP contribution in [-0.2, 0) is 11.3 Å². The first kappa shape index (κ1) is 21.8. The molecule has 0 bridgehead atoms. The molecule has 2 atom stereocenters. The third-order valence-corrected chi connectivity index (χ3v) is 6.65. The maximum Gasteiger partial charge on any atom is 0.258 e. The highest BCUT2D eigenvalue weighted by atomic mass is 19.3. The second-order valence-corrected chi connectivity index (χ2v) is 8.89. The van der Waals surface area contributed by atoms with E-state index in [0.717, 1.165) is 11.1 Å². The molecule has 13 heteroatoms. The smallest absolute Gasteiger partial charge is 0.258 e. The van der Waals surface area contributed by atoms with Crippen molar-refractivity contribution in [3.8, 4) is 17.0 Å². The minimum absolute atomic E-state index is 0.136. The van der Waals surface area contributed by atoms with Gasteiger partial charge in [-0.05, 0) is 30.2 Å². The minimum atomic E-state index is -2.56. The van der Waals surface area contributed by atoms with Gasteiger partial charge in [-0.3, -0.25) is 4.90 Å². The molecule has 2 aliphatic rings. The Kier molecular flexibility index (Phi) is 5.58. The highest BCUT2D eigenvalue weighted by molar-refractivity contribution is 5.89. The molecule has 2 fully saturated rings. The number of rotatable bonds is 7. The third kappa shape index (κ3) is 4.11. The lowest BCUT2D eigenvalue weighted by Gasteiger charge is -2.42. The Morgan fingerprint density at radius 3 is 2.89 bits per heavy atom. The summed E-state index contributed by atoms with van der Waals surface area (Å²) in [6.07, 6.45) is -1.54. The molecule has 2 aliphatic heterocycles. The van der Waals surface area contributed by atoms with E-state index in [-0.39, 0.29) is 18.4 Å². The van der Waals surface area contributed by atoms with Crippen molar-refractivity contribution in [2.24, 2.45) is 0 Å². The summed E-state index contributed by atoms with van der Waals surface area (Å²) in [5.41, 5.74) is 3.04. The first-order valence-corrected chi connectivity index (χ1v) is 11.6. The van der Waals surface area contributed by atoms with Crippen molar-refractivity contribution in [3.05, 3.63) is 30.5 Å². The van der Waals surface area contributed by atoms with Gasteiger partial charge in [0.25, 0.3) is 6.43 Å². The molecule has 2 saturated heterocycles. The molecular formula is C23H25F3N8O2. The Balaban J connectivity index is 1.27. The Hall–Kier alpha value is -3.45. The SMILES string of the molecule is [2H]C1(N2CC[C@H](Nc3nc(OC)c4c(-c5ccc6nnn(CC(F)F)c6c5)ccn4n3)[C@@H](F)C2)COC1. The minimum Gasteiger partial charge on any atom is -0.479 e. The van der Waals surface area contributed by atoms with Crippen molar-refractivity contribution in [1.29, 1.82) is 0 Å². The average molecular weight is 504 g/mol. The molecule has 36 heavy (non-hydrogen) atoms. The second-order valence-electron chi connectivity index (χ2n) is 8.89. The molecule has 0 aliphatic carbocycles. The Bertz CT molecular complexity index is 1440. The highest BCUT2D eigenvalue weighted by Gasteiger charge is 2.35. The fourth-order valence-corrected chi connectivity index (χ4v) is 4.72. The molecule has 3 aromatic heterocycles. The molecule has 1 aromatic carbocycles. The summed E-state index contributed by atoms with van der Waals surface area (Å²) < 4.78 is 62.8. The number of likely N-dealkylation sites (tertiary alicyclic amines) is 1. The molecule has 0 radical (unpaired) electrons. The first-order chi connectivity index (χ1) is 17.8. The summed E-state index contributed by atoms with van der Waals surface area (Å²) in [7, 11) is 1.48. The van der Waals surface area contributed by atoms with Gasteiger partial charge in [0, 0.05) is 24.8 Å². The number of ether oxygens (including phenoxy) is 2. The van der Waals surface area contributed by atoms with E-state index in [1.54, 1.807) is 22.8 Å². The normalized spacial score (nSPS) is 22.6. The molecule has 0 spiro atoms. The summed E-state index contributed by atoms with van der Waals surface area (Å²) in [5, 5.41) is 15.4. The summed E-state index contributed by atoms with van der Waals surface area (Å²) in [4.78, 5) is 6.30. The van der Waals surface area contributed by atoms with Crippen LogP contribution in [0, 0.1) is 0 Å². The molecule has 190 valence electrons. The standard InChI is InChI=1S/C23H25F3N8O2/c1-35-22-21-15(13-2-3-18-19(8-13)34(31-29-18)10-20(25)26)4-7-33(21)30-23(28-22)27-17-5-6-32(9-16(17)24)14-11-36-12-14/h2-4,7-8,14,16-17,20H,5-6,9-12H2,1H3,(H,27,30)/t16-,17-/m0/s1/i14D. The van der Waals surface area contributed by atoms with Crippen LogP contribution >= 0.6 is 0 Å². The zero-order valence-corrected chi connectivity index (χ0v) is 19.4. The van der Waals surface area contributed by atoms with Crippen molar-refractivity contribution in [1.82, 2.24) is 34.5 Å². The van der Waals surface area contributed by atoms with Crippen LogP contribution in [0.3, 0.4) is 0 Å². The van der Waals surface area contributed by atoms with Gasteiger partial charge >= 0.3 is 0 Å². The van der Waals surface area contributed by atoms with E-state index in [4.69, 9.17) is 10.8 Å². The summed E-state index contributed by atoms with van der Waals surface area (Å²) in [6.45, 7) is 0.739. The Labute approximate surface area is 205 Å². The number of fused-ring (bicyclic) bond motifs is 2. The van der Waals surface area contributed by atoms with Crippen LogP contribution in [0.5, 0.6) is 5.88 Å². The molecule has 0 amide bonds. The van der Waals surface area contributed by atoms with Gasteiger partial charge in [-0.15, -0.1) is 10.2 Å². The van der Waals surface area contributed by atoms with Crippen molar-refractivity contribution in [3.63, 3.8) is 0 Å². The van der Waals surface area contributed by atoms with Gasteiger partial charge in [0.15, 0.2) is 0 Å². The average Bonchev–Trinajstić information content (AvgIpc) is 3.47. The van der Waals surface area contributed by atoms with Crippen molar-refractivity contribution >= 4 is 22.5 Å². The number of alkyl halides is 3. The summed E-state index contributed by atoms with van der Waals surface area (Å²) in [6, 6.07) is 5.75. The molecule has 10 nitrogen and oxygen atoms in total. The summed E-state index contributed by atoms with van der Waals surface area (Å²) >= 11 is 0. The quantitative estimate of drug-likeness (QED) is 0.412. The highest BCUT2D eigenvalue weighted by Crippen LogP contribution is 2.33.